The number of hydrogen-bond acceptors (Lipinski definition) is 4. The van der Waals surface area contributed by atoms with Crippen molar-refractivity contribution in [3.8, 4) is 5.75 Å². The maximum atomic E-state index is 13.8. The molecule has 0 spiro atoms. The summed E-state index contributed by atoms with van der Waals surface area (Å²) in [5, 5.41) is 0. The second-order valence-electron chi connectivity index (χ2n) is 6.39. The molecule has 0 saturated carbocycles. The van der Waals surface area contributed by atoms with E-state index in [0.29, 0.717) is 32.7 Å². The van der Waals surface area contributed by atoms with Crippen LogP contribution in [0.15, 0.2) is 18.2 Å². The lowest BCUT2D eigenvalue weighted by atomic mass is 10.1. The number of carbonyl (C=O) groups is 2. The monoisotopic (exact) mass is 351 g/mol. The van der Waals surface area contributed by atoms with E-state index < -0.39 is 5.82 Å². The summed E-state index contributed by atoms with van der Waals surface area (Å²) in [5.74, 6) is -0.134. The van der Waals surface area contributed by atoms with Crippen molar-refractivity contribution in [3.63, 3.8) is 0 Å². The highest BCUT2D eigenvalue weighted by atomic mass is 19.1. The Morgan fingerprint density at radius 1 is 1.24 bits per heavy atom. The van der Waals surface area contributed by atoms with Crippen LogP contribution in [0.25, 0.3) is 0 Å². The number of likely N-dealkylation sites (N-methyl/N-ethyl adjacent to an activating group) is 1. The van der Waals surface area contributed by atoms with Gasteiger partial charge in [-0.15, -0.1) is 0 Å². The lowest BCUT2D eigenvalue weighted by Crippen LogP contribution is -2.54. The van der Waals surface area contributed by atoms with E-state index in [-0.39, 0.29) is 23.6 Å². The number of nitrogens with zero attached hydrogens (tertiary/aromatic N) is 3. The number of rotatable bonds is 5. The van der Waals surface area contributed by atoms with Gasteiger partial charge in [0.15, 0.2) is 11.6 Å². The first-order valence-corrected chi connectivity index (χ1v) is 8.40. The van der Waals surface area contributed by atoms with Crippen molar-refractivity contribution in [2.45, 2.75) is 26.4 Å². The predicted molar refractivity (Wildman–Crippen MR) is 92.7 cm³/mol. The zero-order valence-electron chi connectivity index (χ0n) is 15.3. The highest BCUT2D eigenvalue weighted by molar-refractivity contribution is 5.82. The van der Waals surface area contributed by atoms with Gasteiger partial charge in [-0.3, -0.25) is 14.5 Å². The standard InChI is InChI=1S/C18H26FN3O3/c1-13(18(24)22-9-7-21(8-10-22)14(2)23)20(3)12-15-5-6-17(25-4)16(19)11-15/h5-6,11,13H,7-10,12H2,1-4H3. The molecule has 1 heterocycles. The first kappa shape index (κ1) is 19.2. The van der Waals surface area contributed by atoms with Crippen molar-refractivity contribution in [2.24, 2.45) is 0 Å². The first-order chi connectivity index (χ1) is 11.8. The van der Waals surface area contributed by atoms with Crippen molar-refractivity contribution in [1.29, 1.82) is 0 Å². The number of benzene rings is 1. The van der Waals surface area contributed by atoms with Crippen molar-refractivity contribution < 1.29 is 18.7 Å². The Kier molecular flexibility index (Phi) is 6.36. The smallest absolute Gasteiger partial charge is 0.239 e. The Bertz CT molecular complexity index is 630. The van der Waals surface area contributed by atoms with Crippen LogP contribution >= 0.6 is 0 Å². The molecule has 0 aliphatic carbocycles. The molecule has 2 amide bonds. The maximum absolute atomic E-state index is 13.8. The molecule has 2 rings (SSSR count). The van der Waals surface area contributed by atoms with Crippen molar-refractivity contribution in [2.75, 3.05) is 40.3 Å². The lowest BCUT2D eigenvalue weighted by Gasteiger charge is -2.37. The Balaban J connectivity index is 1.93. The van der Waals surface area contributed by atoms with Crippen molar-refractivity contribution in [3.05, 3.63) is 29.6 Å². The molecule has 1 unspecified atom stereocenters. The van der Waals surface area contributed by atoms with E-state index >= 15 is 0 Å². The quantitative estimate of drug-likeness (QED) is 0.804. The van der Waals surface area contributed by atoms with Gasteiger partial charge in [0, 0.05) is 39.6 Å². The number of piperazine rings is 1. The Morgan fingerprint density at radius 2 is 1.84 bits per heavy atom. The third-order valence-electron chi connectivity index (χ3n) is 4.70. The summed E-state index contributed by atoms with van der Waals surface area (Å²) in [5.41, 5.74) is 0.779. The number of ether oxygens (including phenoxy) is 1. The molecule has 1 aromatic carbocycles. The van der Waals surface area contributed by atoms with E-state index in [0.717, 1.165) is 5.56 Å². The summed E-state index contributed by atoms with van der Waals surface area (Å²) in [6.07, 6.45) is 0. The maximum Gasteiger partial charge on any atom is 0.239 e. The third-order valence-corrected chi connectivity index (χ3v) is 4.70. The normalized spacial score (nSPS) is 16.1. The van der Waals surface area contributed by atoms with Crippen LogP contribution in [0.4, 0.5) is 4.39 Å². The molecule has 1 atom stereocenters. The highest BCUT2D eigenvalue weighted by Crippen LogP contribution is 2.19. The summed E-state index contributed by atoms with van der Waals surface area (Å²) < 4.78 is 18.7. The van der Waals surface area contributed by atoms with Crippen LogP contribution < -0.4 is 4.74 Å². The molecule has 25 heavy (non-hydrogen) atoms. The lowest BCUT2D eigenvalue weighted by molar-refractivity contribution is -0.141. The summed E-state index contributed by atoms with van der Waals surface area (Å²) in [4.78, 5) is 29.5. The van der Waals surface area contributed by atoms with E-state index in [4.69, 9.17) is 4.74 Å². The van der Waals surface area contributed by atoms with Crippen LogP contribution in [0.1, 0.15) is 19.4 Å². The molecule has 7 heteroatoms. The van der Waals surface area contributed by atoms with Gasteiger partial charge in [0.05, 0.1) is 13.2 Å². The zero-order valence-corrected chi connectivity index (χ0v) is 15.3. The second kappa shape index (κ2) is 8.29. The van der Waals surface area contributed by atoms with Crippen molar-refractivity contribution >= 4 is 11.8 Å². The number of methoxy groups -OCH3 is 1. The van der Waals surface area contributed by atoms with Gasteiger partial charge in [0.25, 0.3) is 0 Å². The van der Waals surface area contributed by atoms with Gasteiger partial charge in [-0.25, -0.2) is 4.39 Å². The van der Waals surface area contributed by atoms with Gasteiger partial charge >= 0.3 is 0 Å². The SMILES string of the molecule is COc1ccc(CN(C)C(C)C(=O)N2CCN(C(C)=O)CC2)cc1F. The topological polar surface area (TPSA) is 53.1 Å². The third kappa shape index (κ3) is 4.69. The minimum atomic E-state index is -0.410. The van der Waals surface area contributed by atoms with Crippen molar-refractivity contribution in [1.82, 2.24) is 14.7 Å². The summed E-state index contributed by atoms with van der Waals surface area (Å²) in [6, 6.07) is 4.49. The van der Waals surface area contributed by atoms with Gasteiger partial charge in [0.1, 0.15) is 0 Å². The molecule has 0 bridgehead atoms. The molecule has 138 valence electrons. The van der Waals surface area contributed by atoms with Gasteiger partial charge in [-0.2, -0.15) is 0 Å². The summed E-state index contributed by atoms with van der Waals surface area (Å²) >= 11 is 0. The van der Waals surface area contributed by atoms with E-state index in [1.54, 1.807) is 28.9 Å². The molecule has 1 aliphatic heterocycles. The molecule has 0 N–H and O–H groups in total. The fourth-order valence-electron chi connectivity index (χ4n) is 2.93. The van der Waals surface area contributed by atoms with Gasteiger partial charge in [0.2, 0.25) is 11.8 Å². The van der Waals surface area contributed by atoms with Gasteiger partial charge < -0.3 is 14.5 Å². The first-order valence-electron chi connectivity index (χ1n) is 8.40. The molecule has 1 aliphatic rings. The zero-order chi connectivity index (χ0) is 18.6. The Hall–Kier alpha value is -2.15. The van der Waals surface area contributed by atoms with E-state index in [1.165, 1.54) is 13.2 Å². The predicted octanol–water partition coefficient (Wildman–Crippen LogP) is 1.35. The Labute approximate surface area is 148 Å². The molecular formula is C18H26FN3O3. The summed E-state index contributed by atoms with van der Waals surface area (Å²) in [6.45, 7) is 6.09. The van der Waals surface area contributed by atoms with E-state index in [9.17, 15) is 14.0 Å². The minimum absolute atomic E-state index is 0.0275. The number of hydrogen-bond donors (Lipinski definition) is 0. The van der Waals surface area contributed by atoms with Crippen LogP contribution in [-0.2, 0) is 16.1 Å². The largest absolute Gasteiger partial charge is 0.494 e. The van der Waals surface area contributed by atoms with Crippen LogP contribution in [0, 0.1) is 5.82 Å². The molecule has 1 aromatic rings. The fourth-order valence-corrected chi connectivity index (χ4v) is 2.93. The average molecular weight is 351 g/mol. The number of carbonyl (C=O) groups excluding carboxylic acids is 2. The molecule has 0 radical (unpaired) electrons. The van der Waals surface area contributed by atoms with Crippen LogP contribution in [0.5, 0.6) is 5.75 Å². The number of halogens is 1. The van der Waals surface area contributed by atoms with Crippen LogP contribution in [-0.4, -0.2) is 72.9 Å². The molecule has 1 saturated heterocycles. The molecule has 1 fully saturated rings. The second-order valence-corrected chi connectivity index (χ2v) is 6.39. The van der Waals surface area contributed by atoms with Crippen LogP contribution in [0.3, 0.4) is 0 Å². The molecular weight excluding hydrogens is 325 g/mol. The minimum Gasteiger partial charge on any atom is -0.494 e. The molecule has 0 aromatic heterocycles. The average Bonchev–Trinajstić information content (AvgIpc) is 2.60. The van der Waals surface area contributed by atoms with Gasteiger partial charge in [-0.05, 0) is 31.7 Å². The number of amides is 2. The molecule has 6 nitrogen and oxygen atoms in total. The Morgan fingerprint density at radius 3 is 2.36 bits per heavy atom. The summed E-state index contributed by atoms with van der Waals surface area (Å²) in [7, 11) is 3.27. The van der Waals surface area contributed by atoms with E-state index in [2.05, 4.69) is 0 Å². The van der Waals surface area contributed by atoms with E-state index in [1.807, 2.05) is 18.9 Å². The highest BCUT2D eigenvalue weighted by Gasteiger charge is 2.27. The van der Waals surface area contributed by atoms with Crippen LogP contribution in [0.2, 0.25) is 0 Å². The fraction of sp³-hybridized carbons (Fsp3) is 0.556. The van der Waals surface area contributed by atoms with Gasteiger partial charge in [-0.1, -0.05) is 6.07 Å².